The van der Waals surface area contributed by atoms with Gasteiger partial charge in [-0.05, 0) is 12.8 Å². The Hall–Kier alpha value is -0.610. The average molecular weight is 143 g/mol. The monoisotopic (exact) mass is 143 g/mol. The molecule has 2 aliphatic heterocycles. The Morgan fingerprint density at radius 1 is 1.60 bits per heavy atom. The first-order chi connectivity index (χ1) is 4.90. The van der Waals surface area contributed by atoms with Crippen LogP contribution in [0.4, 0.5) is 0 Å². The molecule has 0 radical (unpaired) electrons. The number of oxime groups is 1. The molecule has 4 nitrogen and oxygen atoms in total. The number of fused-ring (bicyclic) bond motifs is 2. The molecule has 0 amide bonds. The van der Waals surface area contributed by atoms with Crippen molar-refractivity contribution in [1.29, 1.82) is 0 Å². The zero-order valence-corrected chi connectivity index (χ0v) is 5.49. The largest absolute Gasteiger partial charge is 0.411 e. The maximum absolute atomic E-state index is 8.44. The Balaban J connectivity index is 2.14. The van der Waals surface area contributed by atoms with Crippen molar-refractivity contribution in [2.75, 3.05) is 6.61 Å². The molecule has 2 atom stereocenters. The quantitative estimate of drug-likeness (QED) is 0.393. The van der Waals surface area contributed by atoms with E-state index in [1.54, 1.807) is 0 Å². The molecule has 2 fully saturated rings. The molecule has 2 heterocycles. The molecule has 56 valence electrons. The van der Waals surface area contributed by atoms with Crippen molar-refractivity contribution in [3.05, 3.63) is 0 Å². The Morgan fingerprint density at radius 3 is 3.30 bits per heavy atom. The zero-order valence-electron chi connectivity index (χ0n) is 5.49. The first-order valence-electron chi connectivity index (χ1n) is 3.38. The van der Waals surface area contributed by atoms with Gasteiger partial charge in [-0.15, -0.1) is 0 Å². The van der Waals surface area contributed by atoms with Gasteiger partial charge in [-0.1, -0.05) is 5.16 Å². The predicted octanol–water partition coefficient (Wildman–Crippen LogP) is 0.352. The second-order valence-electron chi connectivity index (χ2n) is 2.55. The van der Waals surface area contributed by atoms with Gasteiger partial charge in [0.05, 0.1) is 12.7 Å². The van der Waals surface area contributed by atoms with Gasteiger partial charge in [0.25, 0.3) is 0 Å². The average Bonchev–Trinajstić information content (AvgIpc) is 2.34. The van der Waals surface area contributed by atoms with Gasteiger partial charge in [0.15, 0.2) is 0 Å². The molecule has 0 aromatic heterocycles. The summed E-state index contributed by atoms with van der Waals surface area (Å²) >= 11 is 0. The SMILES string of the molecule is ON=C1CCC2COC1O2. The third kappa shape index (κ3) is 0.803. The molecule has 10 heavy (non-hydrogen) atoms. The van der Waals surface area contributed by atoms with Crippen molar-refractivity contribution >= 4 is 5.71 Å². The van der Waals surface area contributed by atoms with Crippen LogP contribution in [0.5, 0.6) is 0 Å². The summed E-state index contributed by atoms with van der Waals surface area (Å²) in [5.74, 6) is 0. The number of ether oxygens (including phenoxy) is 2. The van der Waals surface area contributed by atoms with Gasteiger partial charge in [0, 0.05) is 0 Å². The van der Waals surface area contributed by atoms with Crippen LogP contribution in [-0.2, 0) is 9.47 Å². The van der Waals surface area contributed by atoms with Gasteiger partial charge in [-0.2, -0.15) is 0 Å². The highest BCUT2D eigenvalue weighted by Crippen LogP contribution is 2.24. The van der Waals surface area contributed by atoms with Gasteiger partial charge < -0.3 is 14.7 Å². The maximum Gasteiger partial charge on any atom is 0.200 e. The van der Waals surface area contributed by atoms with Crippen molar-refractivity contribution in [1.82, 2.24) is 0 Å². The lowest BCUT2D eigenvalue weighted by Crippen LogP contribution is -2.28. The zero-order chi connectivity index (χ0) is 6.97. The Morgan fingerprint density at radius 2 is 2.50 bits per heavy atom. The highest BCUT2D eigenvalue weighted by Gasteiger charge is 2.35. The van der Waals surface area contributed by atoms with Crippen LogP contribution in [0, 0.1) is 0 Å². The van der Waals surface area contributed by atoms with Crippen LogP contribution in [0.1, 0.15) is 12.8 Å². The normalized spacial score (nSPS) is 42.6. The van der Waals surface area contributed by atoms with Gasteiger partial charge in [-0.25, -0.2) is 0 Å². The van der Waals surface area contributed by atoms with E-state index in [2.05, 4.69) is 5.16 Å². The molecule has 2 bridgehead atoms. The van der Waals surface area contributed by atoms with E-state index in [1.807, 2.05) is 0 Å². The standard InChI is InChI=1S/C6H9NO3/c8-7-5-2-1-4-3-9-6(5)10-4/h4,6,8H,1-3H2. The van der Waals surface area contributed by atoms with Crippen LogP contribution >= 0.6 is 0 Å². The highest BCUT2D eigenvalue weighted by atomic mass is 16.7. The first kappa shape index (κ1) is 6.12. The summed E-state index contributed by atoms with van der Waals surface area (Å²) < 4.78 is 10.5. The lowest BCUT2D eigenvalue weighted by molar-refractivity contribution is -0.0186. The molecule has 2 unspecified atom stereocenters. The van der Waals surface area contributed by atoms with Crippen LogP contribution in [0.3, 0.4) is 0 Å². The lowest BCUT2D eigenvalue weighted by atomic mass is 10.1. The van der Waals surface area contributed by atoms with E-state index in [-0.39, 0.29) is 12.4 Å². The third-order valence-electron chi connectivity index (χ3n) is 1.87. The number of hydrogen-bond acceptors (Lipinski definition) is 4. The molecule has 0 spiro atoms. The molecular formula is C6H9NO3. The summed E-state index contributed by atoms with van der Waals surface area (Å²) in [5.41, 5.74) is 0.619. The minimum absolute atomic E-state index is 0.232. The molecule has 4 heteroatoms. The van der Waals surface area contributed by atoms with E-state index in [0.717, 1.165) is 12.8 Å². The second kappa shape index (κ2) is 2.21. The summed E-state index contributed by atoms with van der Waals surface area (Å²) in [4.78, 5) is 0. The third-order valence-corrected chi connectivity index (χ3v) is 1.87. The lowest BCUT2D eigenvalue weighted by Gasteiger charge is -2.17. The van der Waals surface area contributed by atoms with Crippen LogP contribution in [-0.4, -0.2) is 29.9 Å². The fourth-order valence-corrected chi connectivity index (χ4v) is 1.30. The smallest absolute Gasteiger partial charge is 0.200 e. The van der Waals surface area contributed by atoms with Crippen LogP contribution < -0.4 is 0 Å². The van der Waals surface area contributed by atoms with Gasteiger partial charge in [0.1, 0.15) is 5.71 Å². The van der Waals surface area contributed by atoms with Crippen molar-refractivity contribution in [2.24, 2.45) is 5.16 Å². The summed E-state index contributed by atoms with van der Waals surface area (Å²) in [6.45, 7) is 0.643. The molecule has 1 N–H and O–H groups in total. The molecule has 0 aliphatic carbocycles. The molecule has 2 aliphatic rings. The van der Waals surface area contributed by atoms with Crippen molar-refractivity contribution < 1.29 is 14.7 Å². The fraction of sp³-hybridized carbons (Fsp3) is 0.833. The summed E-state index contributed by atoms with van der Waals surface area (Å²) in [6, 6.07) is 0. The van der Waals surface area contributed by atoms with Crippen molar-refractivity contribution in [3.63, 3.8) is 0 Å². The summed E-state index contributed by atoms with van der Waals surface area (Å²) in [5, 5.41) is 11.5. The Bertz CT molecular complexity index is 168. The molecule has 0 aromatic carbocycles. The van der Waals surface area contributed by atoms with E-state index in [9.17, 15) is 0 Å². The molecular weight excluding hydrogens is 134 g/mol. The van der Waals surface area contributed by atoms with Gasteiger partial charge in [0.2, 0.25) is 6.29 Å². The van der Waals surface area contributed by atoms with E-state index < -0.39 is 0 Å². The van der Waals surface area contributed by atoms with E-state index in [1.165, 1.54) is 0 Å². The number of nitrogens with zero attached hydrogens (tertiary/aromatic N) is 1. The molecule has 2 saturated heterocycles. The van der Waals surface area contributed by atoms with E-state index >= 15 is 0 Å². The molecule has 0 saturated carbocycles. The van der Waals surface area contributed by atoms with Crippen molar-refractivity contribution in [2.45, 2.75) is 25.2 Å². The van der Waals surface area contributed by atoms with Crippen LogP contribution in [0.15, 0.2) is 5.16 Å². The van der Waals surface area contributed by atoms with E-state index in [0.29, 0.717) is 12.3 Å². The van der Waals surface area contributed by atoms with Crippen molar-refractivity contribution in [3.8, 4) is 0 Å². The Kier molecular flexibility index (Phi) is 1.35. The minimum Gasteiger partial charge on any atom is -0.411 e. The number of rotatable bonds is 0. The van der Waals surface area contributed by atoms with Gasteiger partial charge in [-0.3, -0.25) is 0 Å². The summed E-state index contributed by atoms with van der Waals surface area (Å²) in [7, 11) is 0. The van der Waals surface area contributed by atoms with E-state index in [4.69, 9.17) is 14.7 Å². The molecule has 2 rings (SSSR count). The van der Waals surface area contributed by atoms with Crippen LogP contribution in [0.2, 0.25) is 0 Å². The second-order valence-corrected chi connectivity index (χ2v) is 2.55. The predicted molar refractivity (Wildman–Crippen MR) is 33.1 cm³/mol. The maximum atomic E-state index is 8.44. The Labute approximate surface area is 58.4 Å². The number of hydrogen-bond donors (Lipinski definition) is 1. The minimum atomic E-state index is -0.358. The fourth-order valence-electron chi connectivity index (χ4n) is 1.30. The first-order valence-corrected chi connectivity index (χ1v) is 3.38. The highest BCUT2D eigenvalue weighted by molar-refractivity contribution is 5.88. The summed E-state index contributed by atoms with van der Waals surface area (Å²) in [6.07, 6.45) is 1.58. The molecule has 0 aromatic rings. The van der Waals surface area contributed by atoms with Gasteiger partial charge >= 0.3 is 0 Å². The topological polar surface area (TPSA) is 51.1 Å². The van der Waals surface area contributed by atoms with Crippen LogP contribution in [0.25, 0.3) is 0 Å².